The number of likely N-dealkylation sites (N-methyl/N-ethyl adjacent to an activating group) is 1. The molecule has 0 aliphatic carbocycles. The Bertz CT molecular complexity index is 536. The normalized spacial score (nSPS) is 23.5. The number of hydrogen-bond donors (Lipinski definition) is 1. The predicted octanol–water partition coefficient (Wildman–Crippen LogP) is 1.57. The molecular weight excluding hydrogens is 321 g/mol. The summed E-state index contributed by atoms with van der Waals surface area (Å²) >= 11 is 3.20. The van der Waals surface area contributed by atoms with E-state index in [0.717, 1.165) is 0 Å². The summed E-state index contributed by atoms with van der Waals surface area (Å²) in [5.41, 5.74) is 0.109. The minimum absolute atomic E-state index is 0.109. The maximum Gasteiger partial charge on any atom is 0.335 e. The number of morpholine rings is 1. The number of nitrogens with zero attached hydrogens (tertiary/aromatic N) is 1. The SMILES string of the molecule is CN1C(=O)COC(C(=O)O)C1c1cc(Br)ccc1F. The quantitative estimate of drug-likeness (QED) is 0.893. The molecule has 0 saturated carbocycles. The largest absolute Gasteiger partial charge is 0.479 e. The van der Waals surface area contributed by atoms with Crippen LogP contribution in [0.1, 0.15) is 11.6 Å². The Morgan fingerprint density at radius 2 is 2.26 bits per heavy atom. The van der Waals surface area contributed by atoms with Crippen molar-refractivity contribution in [1.82, 2.24) is 4.90 Å². The topological polar surface area (TPSA) is 66.8 Å². The zero-order valence-electron chi connectivity index (χ0n) is 9.97. The van der Waals surface area contributed by atoms with E-state index in [-0.39, 0.29) is 18.1 Å². The highest BCUT2D eigenvalue weighted by molar-refractivity contribution is 9.10. The molecule has 1 fully saturated rings. The van der Waals surface area contributed by atoms with Crippen LogP contribution in [0.2, 0.25) is 0 Å². The second kappa shape index (κ2) is 5.26. The van der Waals surface area contributed by atoms with E-state index < -0.39 is 23.9 Å². The van der Waals surface area contributed by atoms with Crippen LogP contribution in [-0.4, -0.2) is 41.6 Å². The zero-order chi connectivity index (χ0) is 14.2. The summed E-state index contributed by atoms with van der Waals surface area (Å²) in [6, 6.07) is 3.18. The Morgan fingerprint density at radius 3 is 2.89 bits per heavy atom. The van der Waals surface area contributed by atoms with Crippen molar-refractivity contribution >= 4 is 27.8 Å². The molecule has 1 heterocycles. The molecule has 1 N–H and O–H groups in total. The van der Waals surface area contributed by atoms with Gasteiger partial charge in [-0.1, -0.05) is 15.9 Å². The highest BCUT2D eigenvalue weighted by atomic mass is 79.9. The number of carbonyl (C=O) groups excluding carboxylic acids is 1. The van der Waals surface area contributed by atoms with Crippen LogP contribution in [0, 0.1) is 5.82 Å². The Kier molecular flexibility index (Phi) is 3.86. The number of aliphatic carboxylic acids is 1. The maximum atomic E-state index is 13.9. The molecule has 1 aliphatic rings. The Hall–Kier alpha value is -1.47. The summed E-state index contributed by atoms with van der Waals surface area (Å²) < 4.78 is 19.5. The van der Waals surface area contributed by atoms with Gasteiger partial charge in [0.2, 0.25) is 5.91 Å². The number of amides is 1. The van der Waals surface area contributed by atoms with Crippen molar-refractivity contribution in [2.75, 3.05) is 13.7 Å². The number of halogens is 2. The molecule has 0 radical (unpaired) electrons. The van der Waals surface area contributed by atoms with Crippen LogP contribution in [-0.2, 0) is 14.3 Å². The van der Waals surface area contributed by atoms with E-state index in [1.165, 1.54) is 30.1 Å². The van der Waals surface area contributed by atoms with Crippen molar-refractivity contribution in [3.8, 4) is 0 Å². The molecule has 2 atom stereocenters. The van der Waals surface area contributed by atoms with Crippen LogP contribution in [0.25, 0.3) is 0 Å². The summed E-state index contributed by atoms with van der Waals surface area (Å²) in [5, 5.41) is 9.14. The molecule has 0 bridgehead atoms. The van der Waals surface area contributed by atoms with Gasteiger partial charge in [0.1, 0.15) is 12.4 Å². The summed E-state index contributed by atoms with van der Waals surface area (Å²) in [6.07, 6.45) is -1.29. The first kappa shape index (κ1) is 14.0. The zero-order valence-corrected chi connectivity index (χ0v) is 11.6. The van der Waals surface area contributed by atoms with Crippen molar-refractivity contribution in [1.29, 1.82) is 0 Å². The van der Waals surface area contributed by atoms with Crippen molar-refractivity contribution in [2.45, 2.75) is 12.1 Å². The van der Waals surface area contributed by atoms with Crippen LogP contribution in [0.5, 0.6) is 0 Å². The van der Waals surface area contributed by atoms with Gasteiger partial charge in [-0.05, 0) is 18.2 Å². The van der Waals surface area contributed by atoms with Gasteiger partial charge in [-0.15, -0.1) is 0 Å². The van der Waals surface area contributed by atoms with Gasteiger partial charge in [-0.2, -0.15) is 0 Å². The number of benzene rings is 1. The number of rotatable bonds is 2. The molecule has 5 nitrogen and oxygen atoms in total. The lowest BCUT2D eigenvalue weighted by atomic mass is 9.98. The second-order valence-corrected chi connectivity index (χ2v) is 5.10. The van der Waals surface area contributed by atoms with E-state index in [1.54, 1.807) is 0 Å². The molecule has 1 saturated heterocycles. The van der Waals surface area contributed by atoms with Gasteiger partial charge in [-0.25, -0.2) is 9.18 Å². The summed E-state index contributed by atoms with van der Waals surface area (Å²) in [4.78, 5) is 24.0. The smallest absolute Gasteiger partial charge is 0.335 e. The van der Waals surface area contributed by atoms with Crippen molar-refractivity contribution in [3.63, 3.8) is 0 Å². The van der Waals surface area contributed by atoms with Crippen LogP contribution in [0.4, 0.5) is 4.39 Å². The molecule has 1 aromatic rings. The monoisotopic (exact) mass is 331 g/mol. The van der Waals surface area contributed by atoms with Crippen molar-refractivity contribution in [3.05, 3.63) is 34.1 Å². The lowest BCUT2D eigenvalue weighted by molar-refractivity contribution is -0.171. The molecule has 102 valence electrons. The van der Waals surface area contributed by atoms with Gasteiger partial charge >= 0.3 is 5.97 Å². The Balaban J connectivity index is 2.49. The van der Waals surface area contributed by atoms with Crippen LogP contribution < -0.4 is 0 Å². The molecule has 0 spiro atoms. The number of hydrogen-bond acceptors (Lipinski definition) is 3. The average molecular weight is 332 g/mol. The van der Waals surface area contributed by atoms with E-state index in [2.05, 4.69) is 15.9 Å². The second-order valence-electron chi connectivity index (χ2n) is 4.19. The fraction of sp³-hybridized carbons (Fsp3) is 0.333. The van der Waals surface area contributed by atoms with Gasteiger partial charge in [0.25, 0.3) is 0 Å². The van der Waals surface area contributed by atoms with Gasteiger partial charge in [0, 0.05) is 17.1 Å². The van der Waals surface area contributed by atoms with E-state index >= 15 is 0 Å². The fourth-order valence-corrected chi connectivity index (χ4v) is 2.41. The highest BCUT2D eigenvalue weighted by Gasteiger charge is 2.41. The van der Waals surface area contributed by atoms with Crippen LogP contribution in [0.3, 0.4) is 0 Å². The molecular formula is C12H11BrFNO4. The van der Waals surface area contributed by atoms with Gasteiger partial charge in [-0.3, -0.25) is 4.79 Å². The fourth-order valence-electron chi connectivity index (χ4n) is 2.03. The molecule has 1 amide bonds. The van der Waals surface area contributed by atoms with Crippen molar-refractivity contribution in [2.24, 2.45) is 0 Å². The van der Waals surface area contributed by atoms with Crippen LogP contribution in [0.15, 0.2) is 22.7 Å². The summed E-state index contributed by atoms with van der Waals surface area (Å²) in [6.45, 7) is -0.320. The summed E-state index contributed by atoms with van der Waals surface area (Å²) in [5.74, 6) is -2.20. The molecule has 1 aromatic carbocycles. The molecule has 1 aliphatic heterocycles. The van der Waals surface area contributed by atoms with Gasteiger partial charge in [0.15, 0.2) is 6.10 Å². The predicted molar refractivity (Wildman–Crippen MR) is 67.0 cm³/mol. The third-order valence-electron chi connectivity index (χ3n) is 3.00. The van der Waals surface area contributed by atoms with Gasteiger partial charge < -0.3 is 14.7 Å². The molecule has 7 heteroatoms. The number of carboxylic acid groups (broad SMARTS) is 1. The standard InChI is InChI=1S/C12H11BrFNO4/c1-15-9(16)5-19-11(12(17)18)10(15)7-4-6(13)2-3-8(7)14/h2-4,10-11H,5H2,1H3,(H,17,18). The Morgan fingerprint density at radius 1 is 1.58 bits per heavy atom. The number of ether oxygens (including phenoxy) is 1. The van der Waals surface area contributed by atoms with Crippen LogP contribution >= 0.6 is 15.9 Å². The number of carboxylic acids is 1. The third kappa shape index (κ3) is 2.62. The number of carbonyl (C=O) groups is 2. The summed E-state index contributed by atoms with van der Waals surface area (Å²) in [7, 11) is 1.44. The van der Waals surface area contributed by atoms with E-state index in [0.29, 0.717) is 4.47 Å². The molecule has 2 unspecified atom stereocenters. The third-order valence-corrected chi connectivity index (χ3v) is 3.50. The first-order valence-electron chi connectivity index (χ1n) is 5.47. The van der Waals surface area contributed by atoms with E-state index in [9.17, 15) is 14.0 Å². The minimum Gasteiger partial charge on any atom is -0.479 e. The van der Waals surface area contributed by atoms with E-state index in [4.69, 9.17) is 9.84 Å². The molecule has 2 rings (SSSR count). The first-order chi connectivity index (χ1) is 8.91. The minimum atomic E-state index is -1.29. The lowest BCUT2D eigenvalue weighted by Crippen LogP contribution is -2.50. The highest BCUT2D eigenvalue weighted by Crippen LogP contribution is 2.32. The molecule has 19 heavy (non-hydrogen) atoms. The van der Waals surface area contributed by atoms with Crippen molar-refractivity contribution < 1.29 is 23.8 Å². The Labute approximate surface area is 117 Å². The lowest BCUT2D eigenvalue weighted by Gasteiger charge is -2.37. The van der Waals surface area contributed by atoms with Gasteiger partial charge in [0.05, 0.1) is 6.04 Å². The van der Waals surface area contributed by atoms with E-state index in [1.807, 2.05) is 0 Å². The molecule has 0 aromatic heterocycles. The average Bonchev–Trinajstić information content (AvgIpc) is 2.35. The maximum absolute atomic E-state index is 13.9. The first-order valence-corrected chi connectivity index (χ1v) is 6.26.